The van der Waals surface area contributed by atoms with Crippen LogP contribution in [-0.4, -0.2) is 0 Å². The number of anilines is 4. The molecule has 0 amide bonds. The second-order valence-corrected chi connectivity index (χ2v) is 6.25. The molecule has 27 heavy (non-hydrogen) atoms. The van der Waals surface area contributed by atoms with Gasteiger partial charge in [-0.3, -0.25) is 0 Å². The van der Waals surface area contributed by atoms with E-state index in [4.69, 9.17) is 0 Å². The van der Waals surface area contributed by atoms with Gasteiger partial charge in [0, 0.05) is 28.4 Å². The molecular weight excluding hydrogens is 328 g/mol. The number of nitrogens with zero attached hydrogens (tertiary/aromatic N) is 1. The van der Waals surface area contributed by atoms with Crippen molar-refractivity contribution in [2.45, 2.75) is 20.3 Å². The van der Waals surface area contributed by atoms with Crippen LogP contribution in [0.5, 0.6) is 0 Å². The van der Waals surface area contributed by atoms with Crippen molar-refractivity contribution >= 4 is 22.7 Å². The summed E-state index contributed by atoms with van der Waals surface area (Å²) in [6, 6.07) is 29.3. The van der Waals surface area contributed by atoms with Gasteiger partial charge < -0.3 is 10.2 Å². The number of nitrogens with one attached hydrogen (secondary N) is 1. The second kappa shape index (κ2) is 9.44. The van der Waals surface area contributed by atoms with E-state index in [9.17, 15) is 0 Å². The van der Waals surface area contributed by atoms with E-state index in [2.05, 4.69) is 103 Å². The lowest BCUT2D eigenvalue weighted by Gasteiger charge is -2.26. The first-order valence-corrected chi connectivity index (χ1v) is 9.42. The molecule has 0 radical (unpaired) electrons. The number of allylic oxidation sites excluding steroid dienone is 3. The molecule has 3 aromatic rings. The molecule has 0 aliphatic rings. The molecule has 0 unspecified atom stereocenters. The van der Waals surface area contributed by atoms with Gasteiger partial charge in [0.1, 0.15) is 0 Å². The maximum Gasteiger partial charge on any atom is 0.0462 e. The van der Waals surface area contributed by atoms with E-state index in [1.54, 1.807) is 0 Å². The van der Waals surface area contributed by atoms with Crippen molar-refractivity contribution in [1.29, 1.82) is 0 Å². The lowest BCUT2D eigenvalue weighted by molar-refractivity contribution is 1.13. The summed E-state index contributed by atoms with van der Waals surface area (Å²) < 4.78 is 0. The van der Waals surface area contributed by atoms with E-state index in [0.717, 1.165) is 29.2 Å². The summed E-state index contributed by atoms with van der Waals surface area (Å²) in [6.07, 6.45) is 7.48. The maximum atomic E-state index is 3.44. The molecule has 2 nitrogen and oxygen atoms in total. The van der Waals surface area contributed by atoms with Crippen molar-refractivity contribution in [1.82, 2.24) is 0 Å². The van der Waals surface area contributed by atoms with E-state index >= 15 is 0 Å². The predicted molar refractivity (Wildman–Crippen MR) is 118 cm³/mol. The Labute approximate surface area is 162 Å². The van der Waals surface area contributed by atoms with Gasteiger partial charge in [-0.2, -0.15) is 0 Å². The van der Waals surface area contributed by atoms with Gasteiger partial charge in [0.05, 0.1) is 0 Å². The first-order chi connectivity index (χ1) is 13.3. The molecule has 3 rings (SSSR count). The lowest BCUT2D eigenvalue weighted by Crippen LogP contribution is -2.15. The molecule has 0 heterocycles. The highest BCUT2D eigenvalue weighted by Crippen LogP contribution is 2.32. The predicted octanol–water partition coefficient (Wildman–Crippen LogP) is 7.44. The lowest BCUT2D eigenvalue weighted by atomic mass is 10.1. The largest absolute Gasteiger partial charge is 0.356 e. The minimum Gasteiger partial charge on any atom is -0.356 e. The third kappa shape index (κ3) is 4.89. The smallest absolute Gasteiger partial charge is 0.0462 e. The van der Waals surface area contributed by atoms with Crippen molar-refractivity contribution in [2.24, 2.45) is 0 Å². The quantitative estimate of drug-likeness (QED) is 0.444. The minimum atomic E-state index is 0.983. The standard InChI is InChI=1S/C25H26N2/c1-3-11-23(12-4-2)27(24-15-9-6-10-16-24)25-19-17-22(18-20-25)26-21-13-7-5-8-14-21/h3,5-20,26H,4H2,1-2H3/b11-3-,23-12+. The first-order valence-electron chi connectivity index (χ1n) is 9.42. The molecule has 0 bridgehead atoms. The van der Waals surface area contributed by atoms with Crippen molar-refractivity contribution in [3.05, 3.63) is 109 Å². The van der Waals surface area contributed by atoms with Gasteiger partial charge in [0.15, 0.2) is 0 Å². The van der Waals surface area contributed by atoms with Crippen LogP contribution < -0.4 is 10.2 Å². The average molecular weight is 354 g/mol. The van der Waals surface area contributed by atoms with Gasteiger partial charge in [0.2, 0.25) is 0 Å². The fourth-order valence-corrected chi connectivity index (χ4v) is 3.02. The van der Waals surface area contributed by atoms with Crippen LogP contribution in [0.15, 0.2) is 109 Å². The van der Waals surface area contributed by atoms with E-state index in [1.807, 2.05) is 24.3 Å². The Morgan fingerprint density at radius 3 is 1.93 bits per heavy atom. The van der Waals surface area contributed by atoms with Crippen molar-refractivity contribution in [3.8, 4) is 0 Å². The summed E-state index contributed by atoms with van der Waals surface area (Å²) in [5.41, 5.74) is 5.63. The molecular formula is C25H26N2. The molecule has 2 heteroatoms. The molecule has 1 N–H and O–H groups in total. The molecule has 0 aliphatic carbocycles. The zero-order valence-electron chi connectivity index (χ0n) is 16.0. The second-order valence-electron chi connectivity index (χ2n) is 6.25. The summed E-state index contributed by atoms with van der Waals surface area (Å²) in [5, 5.41) is 3.44. The zero-order chi connectivity index (χ0) is 18.9. The molecule has 0 saturated carbocycles. The van der Waals surface area contributed by atoms with Crippen LogP contribution in [0.25, 0.3) is 0 Å². The number of rotatable bonds is 7. The van der Waals surface area contributed by atoms with Gasteiger partial charge in [-0.05, 0) is 68.0 Å². The molecule has 0 fully saturated rings. The summed E-state index contributed by atoms with van der Waals surface area (Å²) >= 11 is 0. The normalized spacial score (nSPS) is 11.6. The Kier molecular flexibility index (Phi) is 6.48. The van der Waals surface area contributed by atoms with E-state index in [0.29, 0.717) is 0 Å². The minimum absolute atomic E-state index is 0.983. The number of benzene rings is 3. The number of hydrogen-bond acceptors (Lipinski definition) is 2. The molecule has 0 saturated heterocycles. The van der Waals surface area contributed by atoms with Crippen LogP contribution in [-0.2, 0) is 0 Å². The average Bonchev–Trinajstić information content (AvgIpc) is 2.71. The van der Waals surface area contributed by atoms with Crippen LogP contribution in [0.4, 0.5) is 22.7 Å². The summed E-state index contributed by atoms with van der Waals surface area (Å²) in [4.78, 5) is 2.29. The highest BCUT2D eigenvalue weighted by Gasteiger charge is 2.12. The Hall–Kier alpha value is -3.26. The van der Waals surface area contributed by atoms with Gasteiger partial charge in [0.25, 0.3) is 0 Å². The van der Waals surface area contributed by atoms with E-state index in [-0.39, 0.29) is 0 Å². The number of hydrogen-bond donors (Lipinski definition) is 1. The van der Waals surface area contributed by atoms with E-state index in [1.165, 1.54) is 5.70 Å². The third-order valence-corrected chi connectivity index (χ3v) is 4.21. The SMILES string of the molecule is C/C=C\C(=C/CC)N(c1ccccc1)c1ccc(Nc2ccccc2)cc1. The van der Waals surface area contributed by atoms with Gasteiger partial charge >= 0.3 is 0 Å². The molecule has 0 aliphatic heterocycles. The summed E-state index contributed by atoms with van der Waals surface area (Å²) in [6.45, 7) is 4.22. The Morgan fingerprint density at radius 1 is 0.778 bits per heavy atom. The fraction of sp³-hybridized carbons (Fsp3) is 0.120. The Morgan fingerprint density at radius 2 is 1.33 bits per heavy atom. The van der Waals surface area contributed by atoms with Gasteiger partial charge in [-0.15, -0.1) is 0 Å². The fourth-order valence-electron chi connectivity index (χ4n) is 3.02. The van der Waals surface area contributed by atoms with Crippen LogP contribution in [0.3, 0.4) is 0 Å². The molecule has 3 aromatic carbocycles. The molecule has 136 valence electrons. The van der Waals surface area contributed by atoms with Gasteiger partial charge in [-0.25, -0.2) is 0 Å². The maximum absolute atomic E-state index is 3.44. The van der Waals surface area contributed by atoms with Crippen LogP contribution in [0.2, 0.25) is 0 Å². The van der Waals surface area contributed by atoms with Crippen LogP contribution >= 0.6 is 0 Å². The van der Waals surface area contributed by atoms with Crippen LogP contribution in [0, 0.1) is 0 Å². The van der Waals surface area contributed by atoms with Crippen molar-refractivity contribution < 1.29 is 0 Å². The third-order valence-electron chi connectivity index (χ3n) is 4.21. The van der Waals surface area contributed by atoms with E-state index < -0.39 is 0 Å². The monoisotopic (exact) mass is 354 g/mol. The topological polar surface area (TPSA) is 15.3 Å². The van der Waals surface area contributed by atoms with Crippen LogP contribution in [0.1, 0.15) is 20.3 Å². The van der Waals surface area contributed by atoms with Crippen molar-refractivity contribution in [2.75, 3.05) is 10.2 Å². The first kappa shape index (κ1) is 18.5. The van der Waals surface area contributed by atoms with Gasteiger partial charge in [-0.1, -0.05) is 55.5 Å². The molecule has 0 aromatic heterocycles. The number of para-hydroxylation sites is 2. The molecule has 0 atom stereocenters. The molecule has 0 spiro atoms. The Bertz CT molecular complexity index is 879. The zero-order valence-corrected chi connectivity index (χ0v) is 16.0. The highest BCUT2D eigenvalue weighted by molar-refractivity contribution is 5.72. The highest BCUT2D eigenvalue weighted by atomic mass is 15.1. The summed E-state index contributed by atoms with van der Waals surface area (Å²) in [7, 11) is 0. The Balaban J connectivity index is 1.94. The summed E-state index contributed by atoms with van der Waals surface area (Å²) in [5.74, 6) is 0. The van der Waals surface area contributed by atoms with Crippen molar-refractivity contribution in [3.63, 3.8) is 0 Å².